The molecule has 0 aromatic rings. The molecule has 0 atom stereocenters. The molecular formula is C17H30O4. The molecule has 0 aromatic carbocycles. The van der Waals surface area contributed by atoms with Gasteiger partial charge in [0.2, 0.25) is 0 Å². The van der Waals surface area contributed by atoms with E-state index in [9.17, 15) is 14.7 Å². The zero-order chi connectivity index (χ0) is 16.1. The number of hydrogen-bond donors (Lipinski definition) is 2. The molecule has 21 heavy (non-hydrogen) atoms. The summed E-state index contributed by atoms with van der Waals surface area (Å²) in [6.45, 7) is 4.05. The molecule has 0 aromatic heterocycles. The van der Waals surface area contributed by atoms with Crippen molar-refractivity contribution >= 4 is 11.9 Å². The Morgan fingerprint density at radius 3 is 1.48 bits per heavy atom. The average molecular weight is 298 g/mol. The maximum atomic E-state index is 11.2. The van der Waals surface area contributed by atoms with Gasteiger partial charge in [0.15, 0.2) is 0 Å². The topological polar surface area (TPSA) is 74.6 Å². The van der Waals surface area contributed by atoms with Crippen molar-refractivity contribution in [1.29, 1.82) is 0 Å². The van der Waals surface area contributed by atoms with E-state index in [4.69, 9.17) is 5.11 Å². The van der Waals surface area contributed by atoms with Gasteiger partial charge in [0.1, 0.15) is 0 Å². The van der Waals surface area contributed by atoms with E-state index in [0.717, 1.165) is 19.3 Å². The third kappa shape index (κ3) is 9.27. The molecule has 0 aliphatic rings. The van der Waals surface area contributed by atoms with Crippen LogP contribution >= 0.6 is 0 Å². The van der Waals surface area contributed by atoms with Crippen LogP contribution in [0.3, 0.4) is 0 Å². The van der Waals surface area contributed by atoms with Crippen molar-refractivity contribution in [3.8, 4) is 0 Å². The van der Waals surface area contributed by atoms with Crippen molar-refractivity contribution in [2.75, 3.05) is 0 Å². The Bertz CT molecular complexity index is 345. The van der Waals surface area contributed by atoms with Gasteiger partial charge in [-0.3, -0.25) is 0 Å². The Kier molecular flexibility index (Phi) is 11.6. The first-order chi connectivity index (χ1) is 10.0. The standard InChI is InChI=1S/C17H30O4/c1-3-5-6-7-8-9-10-11-13-15(17(20)21)14(12-4-2)16(18)19/h3-13H2,1-2H3,(H,18,19)(H,20,21). The van der Waals surface area contributed by atoms with E-state index in [1.165, 1.54) is 32.1 Å². The van der Waals surface area contributed by atoms with E-state index in [1.54, 1.807) is 0 Å². The largest absolute Gasteiger partial charge is 0.478 e. The van der Waals surface area contributed by atoms with E-state index in [-0.39, 0.29) is 11.1 Å². The van der Waals surface area contributed by atoms with Crippen LogP contribution in [0.25, 0.3) is 0 Å². The molecule has 0 fully saturated rings. The lowest BCUT2D eigenvalue weighted by Gasteiger charge is -2.08. The lowest BCUT2D eigenvalue weighted by molar-refractivity contribution is -0.136. The maximum Gasteiger partial charge on any atom is 0.332 e. The summed E-state index contributed by atoms with van der Waals surface area (Å²) >= 11 is 0. The molecule has 4 heteroatoms. The molecule has 4 nitrogen and oxygen atoms in total. The Hall–Kier alpha value is -1.32. The number of rotatable bonds is 13. The number of carboxylic acids is 2. The van der Waals surface area contributed by atoms with Crippen LogP contribution < -0.4 is 0 Å². The quantitative estimate of drug-likeness (QED) is 0.379. The summed E-state index contributed by atoms with van der Waals surface area (Å²) in [7, 11) is 0. The van der Waals surface area contributed by atoms with E-state index in [1.807, 2.05) is 6.92 Å². The molecule has 2 N–H and O–H groups in total. The van der Waals surface area contributed by atoms with E-state index >= 15 is 0 Å². The third-order valence-corrected chi connectivity index (χ3v) is 3.66. The highest BCUT2D eigenvalue weighted by molar-refractivity contribution is 5.98. The van der Waals surface area contributed by atoms with Crippen molar-refractivity contribution in [3.63, 3.8) is 0 Å². The fraction of sp³-hybridized carbons (Fsp3) is 0.765. The number of hydrogen-bond acceptors (Lipinski definition) is 2. The highest BCUT2D eigenvalue weighted by atomic mass is 16.4. The second kappa shape index (κ2) is 12.4. The minimum absolute atomic E-state index is 0.0768. The minimum Gasteiger partial charge on any atom is -0.478 e. The van der Waals surface area contributed by atoms with Crippen molar-refractivity contribution in [2.24, 2.45) is 0 Å². The summed E-state index contributed by atoms with van der Waals surface area (Å²) in [6, 6.07) is 0. The van der Waals surface area contributed by atoms with Crippen LogP contribution in [-0.2, 0) is 9.59 Å². The van der Waals surface area contributed by atoms with E-state index in [2.05, 4.69) is 6.92 Å². The van der Waals surface area contributed by atoms with Crippen LogP contribution in [0.2, 0.25) is 0 Å². The fourth-order valence-electron chi connectivity index (χ4n) is 2.46. The van der Waals surface area contributed by atoms with Crippen LogP contribution in [0, 0.1) is 0 Å². The SMILES string of the molecule is CCCCCCCCCCC(C(=O)O)=C(CCC)C(=O)O. The van der Waals surface area contributed by atoms with Crippen molar-refractivity contribution in [2.45, 2.75) is 84.5 Å². The monoisotopic (exact) mass is 298 g/mol. The lowest BCUT2D eigenvalue weighted by atomic mass is 9.97. The first-order valence-electron chi connectivity index (χ1n) is 8.23. The predicted octanol–water partition coefficient (Wildman–Crippen LogP) is 4.78. The van der Waals surface area contributed by atoms with Crippen LogP contribution in [0.15, 0.2) is 11.1 Å². The Morgan fingerprint density at radius 1 is 0.619 bits per heavy atom. The van der Waals surface area contributed by atoms with Gasteiger partial charge in [-0.05, 0) is 19.3 Å². The highest BCUT2D eigenvalue weighted by Gasteiger charge is 2.18. The van der Waals surface area contributed by atoms with Gasteiger partial charge >= 0.3 is 11.9 Å². The summed E-state index contributed by atoms with van der Waals surface area (Å²) in [5.41, 5.74) is 0.170. The Morgan fingerprint density at radius 2 is 1.05 bits per heavy atom. The number of carboxylic acid groups (broad SMARTS) is 2. The molecule has 0 rings (SSSR count). The smallest absolute Gasteiger partial charge is 0.332 e. The van der Waals surface area contributed by atoms with Gasteiger partial charge < -0.3 is 10.2 Å². The molecule has 0 unspecified atom stereocenters. The normalized spacial score (nSPS) is 12.1. The molecule has 0 aliphatic heterocycles. The van der Waals surface area contributed by atoms with Gasteiger partial charge in [0.05, 0.1) is 0 Å². The predicted molar refractivity (Wildman–Crippen MR) is 84.4 cm³/mol. The molecule has 0 aliphatic carbocycles. The lowest BCUT2D eigenvalue weighted by Crippen LogP contribution is -2.11. The van der Waals surface area contributed by atoms with Crippen LogP contribution in [-0.4, -0.2) is 22.2 Å². The third-order valence-electron chi connectivity index (χ3n) is 3.66. The van der Waals surface area contributed by atoms with E-state index < -0.39 is 11.9 Å². The van der Waals surface area contributed by atoms with Crippen LogP contribution in [0.1, 0.15) is 84.5 Å². The van der Waals surface area contributed by atoms with Gasteiger partial charge in [0.25, 0.3) is 0 Å². The first kappa shape index (κ1) is 19.7. The summed E-state index contributed by atoms with van der Waals surface area (Å²) in [4.78, 5) is 22.4. The van der Waals surface area contributed by atoms with Crippen molar-refractivity contribution < 1.29 is 19.8 Å². The Balaban J connectivity index is 4.19. The van der Waals surface area contributed by atoms with Gasteiger partial charge in [-0.2, -0.15) is 0 Å². The number of carbonyl (C=O) groups is 2. The van der Waals surface area contributed by atoms with Crippen LogP contribution in [0.4, 0.5) is 0 Å². The summed E-state index contributed by atoms with van der Waals surface area (Å²) in [6.07, 6.45) is 10.4. The van der Waals surface area contributed by atoms with Gasteiger partial charge in [0, 0.05) is 11.1 Å². The number of unbranched alkanes of at least 4 members (excludes halogenated alkanes) is 7. The molecule has 0 radical (unpaired) electrons. The summed E-state index contributed by atoms with van der Waals surface area (Å²) < 4.78 is 0. The zero-order valence-electron chi connectivity index (χ0n) is 13.5. The maximum absolute atomic E-state index is 11.2. The summed E-state index contributed by atoms with van der Waals surface area (Å²) in [5.74, 6) is -2.17. The molecule has 122 valence electrons. The van der Waals surface area contributed by atoms with Crippen molar-refractivity contribution in [3.05, 3.63) is 11.1 Å². The van der Waals surface area contributed by atoms with E-state index in [0.29, 0.717) is 19.3 Å². The molecule has 0 bridgehead atoms. The molecular weight excluding hydrogens is 268 g/mol. The molecule has 0 heterocycles. The second-order valence-electron chi connectivity index (χ2n) is 5.54. The fourth-order valence-corrected chi connectivity index (χ4v) is 2.46. The average Bonchev–Trinajstić information content (AvgIpc) is 2.43. The summed E-state index contributed by atoms with van der Waals surface area (Å²) in [5, 5.41) is 18.3. The molecule has 0 saturated carbocycles. The molecule has 0 spiro atoms. The first-order valence-corrected chi connectivity index (χ1v) is 8.23. The van der Waals surface area contributed by atoms with Gasteiger partial charge in [-0.1, -0.05) is 65.2 Å². The second-order valence-corrected chi connectivity index (χ2v) is 5.54. The molecule has 0 amide bonds. The highest BCUT2D eigenvalue weighted by Crippen LogP contribution is 2.19. The number of aliphatic carboxylic acids is 2. The van der Waals surface area contributed by atoms with Gasteiger partial charge in [-0.25, -0.2) is 9.59 Å². The van der Waals surface area contributed by atoms with Gasteiger partial charge in [-0.15, -0.1) is 0 Å². The molecule has 0 saturated heterocycles. The minimum atomic E-state index is -1.09. The zero-order valence-corrected chi connectivity index (χ0v) is 13.5. The van der Waals surface area contributed by atoms with Crippen LogP contribution in [0.5, 0.6) is 0 Å². The van der Waals surface area contributed by atoms with Crippen molar-refractivity contribution in [1.82, 2.24) is 0 Å². The Labute approximate surface area is 128 Å².